The molecule has 1 heterocycles. The summed E-state index contributed by atoms with van der Waals surface area (Å²) in [5.41, 5.74) is 2.85. The summed E-state index contributed by atoms with van der Waals surface area (Å²) in [4.78, 5) is 7.03. The molecule has 0 unspecified atom stereocenters. The maximum atomic E-state index is 11.7. The number of unbranched alkanes of at least 4 members (excludes halogenated alkanes) is 1. The first-order chi connectivity index (χ1) is 12.9. The molecular formula is C20H26N4O2S. The molecule has 0 aliphatic heterocycles. The Kier molecular flexibility index (Phi) is 5.94. The largest absolute Gasteiger partial charge is 0.327 e. The van der Waals surface area contributed by atoms with Gasteiger partial charge in [0.15, 0.2) is 0 Å². The average Bonchev–Trinajstić information content (AvgIpc) is 2.96. The summed E-state index contributed by atoms with van der Waals surface area (Å²) in [6, 6.07) is 15.2. The van der Waals surface area contributed by atoms with Crippen molar-refractivity contribution in [1.29, 1.82) is 0 Å². The lowest BCUT2D eigenvalue weighted by Gasteiger charge is -2.17. The number of primary sulfonamides is 1. The van der Waals surface area contributed by atoms with Crippen LogP contribution < -0.4 is 5.14 Å². The number of rotatable bonds is 8. The van der Waals surface area contributed by atoms with Crippen LogP contribution in [-0.2, 0) is 29.7 Å². The van der Waals surface area contributed by atoms with Crippen molar-refractivity contribution >= 4 is 21.1 Å². The molecule has 0 aliphatic rings. The first-order valence-electron chi connectivity index (χ1n) is 9.13. The lowest BCUT2D eigenvalue weighted by molar-refractivity contribution is 0.305. The molecule has 6 nitrogen and oxygen atoms in total. The van der Waals surface area contributed by atoms with Gasteiger partial charge in [-0.15, -0.1) is 0 Å². The summed E-state index contributed by atoms with van der Waals surface area (Å²) in [7, 11) is -1.68. The minimum Gasteiger partial charge on any atom is -0.327 e. The van der Waals surface area contributed by atoms with E-state index in [1.54, 1.807) is 18.2 Å². The fourth-order valence-corrected chi connectivity index (χ4v) is 3.75. The van der Waals surface area contributed by atoms with E-state index in [0.29, 0.717) is 12.1 Å². The molecule has 144 valence electrons. The summed E-state index contributed by atoms with van der Waals surface area (Å²) >= 11 is 0. The molecule has 0 spiro atoms. The Bertz CT molecular complexity index is 1010. The van der Waals surface area contributed by atoms with E-state index < -0.39 is 10.0 Å². The molecule has 27 heavy (non-hydrogen) atoms. The van der Waals surface area contributed by atoms with E-state index in [-0.39, 0.29) is 4.90 Å². The minimum absolute atomic E-state index is 0.0966. The number of fused-ring (bicyclic) bond motifs is 1. The van der Waals surface area contributed by atoms with Gasteiger partial charge < -0.3 is 4.57 Å². The number of aromatic nitrogens is 2. The van der Waals surface area contributed by atoms with Crippen molar-refractivity contribution in [2.75, 3.05) is 7.05 Å². The Hall–Kier alpha value is -2.22. The Morgan fingerprint density at radius 3 is 2.52 bits per heavy atom. The lowest BCUT2D eigenvalue weighted by Crippen LogP contribution is -2.20. The summed E-state index contributed by atoms with van der Waals surface area (Å²) in [6.07, 6.45) is 2.12. The fourth-order valence-electron chi connectivity index (χ4n) is 3.22. The van der Waals surface area contributed by atoms with E-state index in [9.17, 15) is 8.42 Å². The van der Waals surface area contributed by atoms with Crippen molar-refractivity contribution in [2.45, 2.75) is 44.3 Å². The Labute approximate surface area is 160 Å². The second kappa shape index (κ2) is 8.21. The molecule has 3 rings (SSSR count). The molecule has 0 saturated carbocycles. The molecule has 0 fully saturated rings. The number of aryl methyl sites for hydroxylation is 1. The third kappa shape index (κ3) is 4.74. The highest BCUT2D eigenvalue weighted by Crippen LogP contribution is 2.22. The molecule has 7 heteroatoms. The molecule has 0 radical (unpaired) electrons. The average molecular weight is 387 g/mol. The molecule has 0 saturated heterocycles. The van der Waals surface area contributed by atoms with E-state index in [4.69, 9.17) is 10.1 Å². The third-order valence-electron chi connectivity index (χ3n) is 4.57. The Morgan fingerprint density at radius 1 is 1.11 bits per heavy atom. The van der Waals surface area contributed by atoms with E-state index >= 15 is 0 Å². The van der Waals surface area contributed by atoms with Crippen molar-refractivity contribution in [3.63, 3.8) is 0 Å². The Morgan fingerprint density at radius 2 is 1.85 bits per heavy atom. The SMILES string of the molecule is CCCCn1c(CN(C)Cc2ccccc2)nc2cc(S(N)(=O)=O)ccc21. The van der Waals surface area contributed by atoms with Gasteiger partial charge in [0.1, 0.15) is 5.82 Å². The van der Waals surface area contributed by atoms with Gasteiger partial charge in [-0.3, -0.25) is 4.90 Å². The quantitative estimate of drug-likeness (QED) is 0.645. The highest BCUT2D eigenvalue weighted by Gasteiger charge is 2.16. The van der Waals surface area contributed by atoms with Crippen molar-refractivity contribution in [1.82, 2.24) is 14.5 Å². The first-order valence-corrected chi connectivity index (χ1v) is 10.7. The summed E-state index contributed by atoms with van der Waals surface area (Å²) in [6.45, 7) is 4.51. The molecule has 2 N–H and O–H groups in total. The first kappa shape index (κ1) is 19.5. The standard InChI is InChI=1S/C20H26N4O2S/c1-3-4-12-24-19-11-10-17(27(21,25)26)13-18(19)22-20(24)15-23(2)14-16-8-6-5-7-9-16/h5-11,13H,3-4,12,14-15H2,1-2H3,(H2,21,25,26). The van der Waals surface area contributed by atoms with Crippen molar-refractivity contribution < 1.29 is 8.42 Å². The highest BCUT2D eigenvalue weighted by molar-refractivity contribution is 7.89. The van der Waals surface area contributed by atoms with Crippen molar-refractivity contribution in [2.24, 2.45) is 5.14 Å². The minimum atomic E-state index is -3.74. The number of imidazole rings is 1. The van der Waals surface area contributed by atoms with Gasteiger partial charge in [0.25, 0.3) is 0 Å². The van der Waals surface area contributed by atoms with Crippen LogP contribution in [0.2, 0.25) is 0 Å². The summed E-state index contributed by atoms with van der Waals surface area (Å²) < 4.78 is 25.5. The molecule has 0 amide bonds. The second-order valence-electron chi connectivity index (χ2n) is 6.89. The number of hydrogen-bond donors (Lipinski definition) is 1. The van der Waals surface area contributed by atoms with Gasteiger partial charge in [-0.2, -0.15) is 0 Å². The summed E-state index contributed by atoms with van der Waals surface area (Å²) in [5.74, 6) is 0.934. The third-order valence-corrected chi connectivity index (χ3v) is 5.48. The smallest absolute Gasteiger partial charge is 0.238 e. The van der Waals surface area contributed by atoms with Crippen LogP contribution in [0, 0.1) is 0 Å². The van der Waals surface area contributed by atoms with Gasteiger partial charge in [-0.1, -0.05) is 43.7 Å². The monoisotopic (exact) mass is 386 g/mol. The normalized spacial score (nSPS) is 12.1. The topological polar surface area (TPSA) is 81.2 Å². The number of hydrogen-bond acceptors (Lipinski definition) is 4. The van der Waals surface area contributed by atoms with Gasteiger partial charge in [0, 0.05) is 13.1 Å². The van der Waals surface area contributed by atoms with Crippen LogP contribution in [0.3, 0.4) is 0 Å². The van der Waals surface area contributed by atoms with Crippen molar-refractivity contribution in [3.8, 4) is 0 Å². The molecular weight excluding hydrogens is 360 g/mol. The van der Waals surface area contributed by atoms with Gasteiger partial charge in [0.05, 0.1) is 22.5 Å². The Balaban J connectivity index is 1.92. The van der Waals surface area contributed by atoms with Crippen LogP contribution in [0.5, 0.6) is 0 Å². The highest BCUT2D eigenvalue weighted by atomic mass is 32.2. The van der Waals surface area contributed by atoms with Gasteiger partial charge in [0.2, 0.25) is 10.0 Å². The van der Waals surface area contributed by atoms with E-state index in [2.05, 4.69) is 35.6 Å². The van der Waals surface area contributed by atoms with Crippen LogP contribution in [0.15, 0.2) is 53.4 Å². The van der Waals surface area contributed by atoms with Crippen LogP contribution in [-0.4, -0.2) is 29.9 Å². The molecule has 1 aromatic heterocycles. The second-order valence-corrected chi connectivity index (χ2v) is 8.45. The maximum Gasteiger partial charge on any atom is 0.238 e. The fraction of sp³-hybridized carbons (Fsp3) is 0.350. The van der Waals surface area contributed by atoms with Gasteiger partial charge in [-0.25, -0.2) is 18.5 Å². The molecule has 0 aliphatic carbocycles. The number of nitrogens with zero attached hydrogens (tertiary/aromatic N) is 3. The number of benzene rings is 2. The van der Waals surface area contributed by atoms with Gasteiger partial charge >= 0.3 is 0 Å². The predicted octanol–water partition coefficient (Wildman–Crippen LogP) is 3.12. The van der Waals surface area contributed by atoms with Crippen LogP contribution in [0.4, 0.5) is 0 Å². The maximum absolute atomic E-state index is 11.7. The molecule has 0 atom stereocenters. The van der Waals surface area contributed by atoms with Crippen LogP contribution >= 0.6 is 0 Å². The van der Waals surface area contributed by atoms with E-state index in [1.165, 1.54) is 5.56 Å². The van der Waals surface area contributed by atoms with Gasteiger partial charge in [-0.05, 0) is 37.2 Å². The zero-order valence-electron chi connectivity index (χ0n) is 15.8. The number of nitrogens with two attached hydrogens (primary N) is 1. The lowest BCUT2D eigenvalue weighted by atomic mass is 10.2. The van der Waals surface area contributed by atoms with Crippen LogP contribution in [0.1, 0.15) is 31.2 Å². The van der Waals surface area contributed by atoms with E-state index in [1.807, 2.05) is 18.2 Å². The zero-order valence-corrected chi connectivity index (χ0v) is 16.6. The number of sulfonamides is 1. The van der Waals surface area contributed by atoms with E-state index in [0.717, 1.165) is 37.3 Å². The molecule has 0 bridgehead atoms. The predicted molar refractivity (Wildman–Crippen MR) is 108 cm³/mol. The van der Waals surface area contributed by atoms with Crippen molar-refractivity contribution in [3.05, 3.63) is 59.9 Å². The summed E-state index contributed by atoms with van der Waals surface area (Å²) in [5, 5.41) is 5.27. The van der Waals surface area contributed by atoms with Crippen LogP contribution in [0.25, 0.3) is 11.0 Å². The molecule has 3 aromatic rings. The zero-order chi connectivity index (χ0) is 19.4. The molecule has 2 aromatic carbocycles.